The molecule has 0 aliphatic heterocycles. The quantitative estimate of drug-likeness (QED) is 0.768. The largest absolute Gasteiger partial charge is 0.345 e. The molecule has 104 valence electrons. The number of hydrogen-bond donors (Lipinski definition) is 0. The van der Waals surface area contributed by atoms with Gasteiger partial charge in [-0.05, 0) is 42.9 Å². The van der Waals surface area contributed by atoms with E-state index in [4.69, 9.17) is 11.6 Å². The summed E-state index contributed by atoms with van der Waals surface area (Å²) in [4.78, 5) is 14.5. The van der Waals surface area contributed by atoms with E-state index in [1.165, 1.54) is 12.8 Å². The van der Waals surface area contributed by atoms with Crippen LogP contribution in [0.1, 0.15) is 44.1 Å². The summed E-state index contributed by atoms with van der Waals surface area (Å²) in [6.07, 6.45) is 4.52. The maximum Gasteiger partial charge on any atom is 0.230 e. The summed E-state index contributed by atoms with van der Waals surface area (Å²) in [7, 11) is 1.92. The predicted octanol–water partition coefficient (Wildman–Crippen LogP) is 4.09. The molecule has 1 atom stereocenters. The van der Waals surface area contributed by atoms with Crippen LogP contribution in [-0.2, 0) is 4.79 Å². The average Bonchev–Trinajstić information content (AvgIpc) is 3.23. The third kappa shape index (κ3) is 3.73. The predicted molar refractivity (Wildman–Crippen MR) is 79.5 cm³/mol. The molecule has 19 heavy (non-hydrogen) atoms. The van der Waals surface area contributed by atoms with Crippen molar-refractivity contribution in [3.05, 3.63) is 34.9 Å². The van der Waals surface area contributed by atoms with Crippen molar-refractivity contribution < 1.29 is 4.79 Å². The van der Waals surface area contributed by atoms with Crippen LogP contribution in [0.5, 0.6) is 0 Å². The standard InChI is InChI=1S/C16H22ClNO/c1-3-4-11-18(2)16(19)15(12-5-6-12)13-7-9-14(17)10-8-13/h7-10,12,15H,3-6,11H2,1-2H3. The zero-order chi connectivity index (χ0) is 13.8. The van der Waals surface area contributed by atoms with E-state index < -0.39 is 0 Å². The van der Waals surface area contributed by atoms with E-state index in [1.54, 1.807) is 0 Å². The molecule has 2 rings (SSSR count). The Morgan fingerprint density at radius 3 is 2.53 bits per heavy atom. The third-order valence-electron chi connectivity index (χ3n) is 3.81. The summed E-state index contributed by atoms with van der Waals surface area (Å²) in [5.41, 5.74) is 1.11. The summed E-state index contributed by atoms with van der Waals surface area (Å²) in [6, 6.07) is 7.75. The van der Waals surface area contributed by atoms with Crippen LogP contribution in [0.4, 0.5) is 0 Å². The highest BCUT2D eigenvalue weighted by atomic mass is 35.5. The van der Waals surface area contributed by atoms with Gasteiger partial charge in [-0.15, -0.1) is 0 Å². The zero-order valence-electron chi connectivity index (χ0n) is 11.7. The Morgan fingerprint density at radius 2 is 2.00 bits per heavy atom. The lowest BCUT2D eigenvalue weighted by molar-refractivity contribution is -0.132. The zero-order valence-corrected chi connectivity index (χ0v) is 12.5. The van der Waals surface area contributed by atoms with Crippen molar-refractivity contribution in [1.29, 1.82) is 0 Å². The van der Waals surface area contributed by atoms with Crippen molar-refractivity contribution in [2.75, 3.05) is 13.6 Å². The molecule has 1 unspecified atom stereocenters. The van der Waals surface area contributed by atoms with Gasteiger partial charge in [0, 0.05) is 18.6 Å². The molecule has 0 spiro atoms. The molecule has 1 aromatic carbocycles. The van der Waals surface area contributed by atoms with Crippen LogP contribution in [0, 0.1) is 5.92 Å². The van der Waals surface area contributed by atoms with Gasteiger partial charge in [0.25, 0.3) is 0 Å². The minimum atomic E-state index is 0.0270. The normalized spacial score (nSPS) is 16.2. The Hall–Kier alpha value is -1.02. The van der Waals surface area contributed by atoms with Gasteiger partial charge in [0.05, 0.1) is 5.92 Å². The molecular weight excluding hydrogens is 258 g/mol. The molecule has 1 aliphatic carbocycles. The molecule has 2 nitrogen and oxygen atoms in total. The molecule has 0 N–H and O–H groups in total. The molecule has 0 aromatic heterocycles. The topological polar surface area (TPSA) is 20.3 Å². The molecule has 0 saturated heterocycles. The molecule has 1 aliphatic rings. The fraction of sp³-hybridized carbons (Fsp3) is 0.562. The average molecular weight is 280 g/mol. The number of carbonyl (C=O) groups is 1. The van der Waals surface area contributed by atoms with Gasteiger partial charge >= 0.3 is 0 Å². The Morgan fingerprint density at radius 1 is 1.37 bits per heavy atom. The van der Waals surface area contributed by atoms with Crippen LogP contribution < -0.4 is 0 Å². The van der Waals surface area contributed by atoms with Gasteiger partial charge in [0.2, 0.25) is 5.91 Å². The van der Waals surface area contributed by atoms with Gasteiger partial charge in [-0.2, -0.15) is 0 Å². The van der Waals surface area contributed by atoms with Crippen LogP contribution in [0.3, 0.4) is 0 Å². The van der Waals surface area contributed by atoms with Crippen molar-refractivity contribution in [3.63, 3.8) is 0 Å². The van der Waals surface area contributed by atoms with Gasteiger partial charge < -0.3 is 4.90 Å². The molecule has 0 bridgehead atoms. The molecule has 3 heteroatoms. The van der Waals surface area contributed by atoms with Gasteiger partial charge in [-0.1, -0.05) is 37.1 Å². The first-order valence-electron chi connectivity index (χ1n) is 7.14. The first-order valence-corrected chi connectivity index (χ1v) is 7.51. The second-order valence-electron chi connectivity index (χ2n) is 5.48. The lowest BCUT2D eigenvalue weighted by Crippen LogP contribution is -2.33. The lowest BCUT2D eigenvalue weighted by atomic mass is 9.92. The van der Waals surface area contributed by atoms with Crippen molar-refractivity contribution in [2.45, 2.75) is 38.5 Å². The number of benzene rings is 1. The van der Waals surface area contributed by atoms with Crippen LogP contribution in [0.25, 0.3) is 0 Å². The van der Waals surface area contributed by atoms with E-state index in [0.717, 1.165) is 30.0 Å². The molecular formula is C16H22ClNO. The second kappa shape index (κ2) is 6.42. The summed E-state index contributed by atoms with van der Waals surface area (Å²) in [5.74, 6) is 0.815. The molecule has 1 saturated carbocycles. The van der Waals surface area contributed by atoms with Crippen molar-refractivity contribution in [3.8, 4) is 0 Å². The molecule has 0 radical (unpaired) electrons. The van der Waals surface area contributed by atoms with Crippen molar-refractivity contribution in [2.24, 2.45) is 5.92 Å². The van der Waals surface area contributed by atoms with Gasteiger partial charge in [-0.25, -0.2) is 0 Å². The van der Waals surface area contributed by atoms with E-state index in [1.807, 2.05) is 36.2 Å². The highest BCUT2D eigenvalue weighted by molar-refractivity contribution is 6.30. The molecule has 1 fully saturated rings. The van der Waals surface area contributed by atoms with E-state index in [2.05, 4.69) is 6.92 Å². The number of rotatable bonds is 6. The van der Waals surface area contributed by atoms with E-state index in [-0.39, 0.29) is 11.8 Å². The molecule has 1 aromatic rings. The SMILES string of the molecule is CCCCN(C)C(=O)C(c1ccc(Cl)cc1)C1CC1. The highest BCUT2D eigenvalue weighted by Gasteiger charge is 2.38. The maximum atomic E-state index is 12.6. The summed E-state index contributed by atoms with van der Waals surface area (Å²) in [6.45, 7) is 3.00. The number of amides is 1. The van der Waals surface area contributed by atoms with E-state index in [0.29, 0.717) is 5.92 Å². The Balaban J connectivity index is 2.11. The molecule has 1 amide bonds. The smallest absolute Gasteiger partial charge is 0.230 e. The van der Waals surface area contributed by atoms with E-state index >= 15 is 0 Å². The first kappa shape index (κ1) is 14.4. The van der Waals surface area contributed by atoms with Crippen LogP contribution in [0.2, 0.25) is 5.02 Å². The summed E-state index contributed by atoms with van der Waals surface area (Å²) >= 11 is 5.93. The van der Waals surface area contributed by atoms with Crippen LogP contribution in [-0.4, -0.2) is 24.4 Å². The minimum Gasteiger partial charge on any atom is -0.345 e. The van der Waals surface area contributed by atoms with Crippen molar-refractivity contribution in [1.82, 2.24) is 4.90 Å². The molecule has 0 heterocycles. The second-order valence-corrected chi connectivity index (χ2v) is 5.92. The highest BCUT2D eigenvalue weighted by Crippen LogP contribution is 2.43. The van der Waals surface area contributed by atoms with Crippen molar-refractivity contribution >= 4 is 17.5 Å². The third-order valence-corrected chi connectivity index (χ3v) is 4.06. The number of carbonyl (C=O) groups excluding carboxylic acids is 1. The first-order chi connectivity index (χ1) is 9.13. The maximum absolute atomic E-state index is 12.6. The minimum absolute atomic E-state index is 0.0270. The number of likely N-dealkylation sites (N-methyl/N-ethyl adjacent to an activating group) is 1. The van der Waals surface area contributed by atoms with Crippen LogP contribution in [0.15, 0.2) is 24.3 Å². The Kier molecular flexibility index (Phi) is 4.87. The van der Waals surface area contributed by atoms with Gasteiger partial charge in [0.1, 0.15) is 0 Å². The van der Waals surface area contributed by atoms with Gasteiger partial charge in [0.15, 0.2) is 0 Å². The van der Waals surface area contributed by atoms with E-state index in [9.17, 15) is 4.79 Å². The van der Waals surface area contributed by atoms with Crippen LogP contribution >= 0.6 is 11.6 Å². The van der Waals surface area contributed by atoms with Gasteiger partial charge in [-0.3, -0.25) is 4.79 Å². The Labute approximate surface area is 120 Å². The summed E-state index contributed by atoms with van der Waals surface area (Å²) in [5, 5.41) is 0.727. The number of nitrogens with zero attached hydrogens (tertiary/aromatic N) is 1. The number of hydrogen-bond acceptors (Lipinski definition) is 1. The fourth-order valence-electron chi connectivity index (χ4n) is 2.46. The Bertz CT molecular complexity index is 425. The summed E-state index contributed by atoms with van der Waals surface area (Å²) < 4.78 is 0. The number of halogens is 1. The lowest BCUT2D eigenvalue weighted by Gasteiger charge is -2.24. The number of unbranched alkanes of at least 4 members (excludes halogenated alkanes) is 1. The monoisotopic (exact) mass is 279 g/mol. The fourth-order valence-corrected chi connectivity index (χ4v) is 2.58.